The Kier molecular flexibility index (Phi) is 3.37. The molecule has 0 radical (unpaired) electrons. The Labute approximate surface area is 89.5 Å². The van der Waals surface area contributed by atoms with Gasteiger partial charge >= 0.3 is 0 Å². The molecular formula is C9H6FIN2. The summed E-state index contributed by atoms with van der Waals surface area (Å²) < 4.78 is 14.4. The molecule has 0 bridgehead atoms. The van der Waals surface area contributed by atoms with Gasteiger partial charge in [0.1, 0.15) is 0 Å². The maximum Gasteiger partial charge on any atom is 0.205 e. The monoisotopic (exact) mass is 288 g/mol. The van der Waals surface area contributed by atoms with Crippen LogP contribution in [0.4, 0.5) is 10.1 Å². The number of nitrogens with zero attached hydrogens (tertiary/aromatic N) is 2. The summed E-state index contributed by atoms with van der Waals surface area (Å²) in [6, 6.07) is 1.62. The fourth-order valence-corrected chi connectivity index (χ4v) is 1.22. The largest absolute Gasteiger partial charge is 0.265 e. The Morgan fingerprint density at radius 3 is 2.92 bits per heavy atom. The predicted octanol–water partition coefficient (Wildman–Crippen LogP) is 3.64. The van der Waals surface area contributed by atoms with Crippen LogP contribution in [-0.2, 0) is 0 Å². The number of aromatic nitrogens is 1. The molecule has 13 heavy (non-hydrogen) atoms. The summed E-state index contributed by atoms with van der Waals surface area (Å²) in [6.07, 6.45) is 1.37. The lowest BCUT2D eigenvalue weighted by molar-refractivity contribution is 0.753. The summed E-state index contributed by atoms with van der Waals surface area (Å²) in [5.41, 5.74) is 1.42. The van der Waals surface area contributed by atoms with E-state index >= 15 is 0 Å². The first-order valence-corrected chi connectivity index (χ1v) is 4.74. The minimum Gasteiger partial charge on any atom is -0.265 e. The van der Waals surface area contributed by atoms with E-state index in [9.17, 15) is 4.39 Å². The Balaban J connectivity index is 3.22. The van der Waals surface area contributed by atoms with Crippen LogP contribution in [0.1, 0.15) is 11.3 Å². The highest BCUT2D eigenvalue weighted by Crippen LogP contribution is 2.22. The maximum absolute atomic E-state index is 13.1. The zero-order chi connectivity index (χ0) is 9.84. The Morgan fingerprint density at radius 1 is 1.77 bits per heavy atom. The Morgan fingerprint density at radius 2 is 2.46 bits per heavy atom. The zero-order valence-electron chi connectivity index (χ0n) is 6.88. The molecule has 0 saturated heterocycles. The summed E-state index contributed by atoms with van der Waals surface area (Å²) in [7, 11) is 0. The summed E-state index contributed by atoms with van der Waals surface area (Å²) in [6.45, 7) is 8.47. The highest BCUT2D eigenvalue weighted by molar-refractivity contribution is 14.1. The molecule has 0 unspecified atom stereocenters. The van der Waals surface area contributed by atoms with Gasteiger partial charge in [-0.05, 0) is 41.1 Å². The van der Waals surface area contributed by atoms with E-state index in [1.807, 2.05) is 22.6 Å². The lowest BCUT2D eigenvalue weighted by atomic mass is 10.2. The van der Waals surface area contributed by atoms with Crippen molar-refractivity contribution in [3.8, 4) is 0 Å². The van der Waals surface area contributed by atoms with Crippen LogP contribution < -0.4 is 0 Å². The molecule has 1 aromatic heterocycles. The lowest BCUT2D eigenvalue weighted by Gasteiger charge is -2.00. The van der Waals surface area contributed by atoms with Crippen LogP contribution in [0.25, 0.3) is 10.7 Å². The van der Waals surface area contributed by atoms with E-state index in [0.717, 1.165) is 0 Å². The molecular weight excluding hydrogens is 282 g/mol. The number of rotatable bonds is 1. The molecule has 0 aliphatic heterocycles. The molecule has 0 fully saturated rings. The van der Waals surface area contributed by atoms with Gasteiger partial charge in [-0.1, -0.05) is 0 Å². The van der Waals surface area contributed by atoms with Crippen LogP contribution in [-0.4, -0.2) is 4.98 Å². The van der Waals surface area contributed by atoms with E-state index in [1.54, 1.807) is 13.0 Å². The van der Waals surface area contributed by atoms with E-state index in [4.69, 9.17) is 6.57 Å². The molecule has 0 spiro atoms. The second-order valence-corrected chi connectivity index (χ2v) is 3.05. The SMILES string of the molecule is [C-]#[N+]c1cnc(/C(F)=C/I)c(C)c1. The number of halogens is 2. The molecule has 0 aliphatic carbocycles. The average molecular weight is 288 g/mol. The molecule has 0 aromatic carbocycles. The molecule has 0 aliphatic rings. The van der Waals surface area contributed by atoms with Gasteiger partial charge in [-0.15, -0.1) is 0 Å². The molecule has 1 heterocycles. The van der Waals surface area contributed by atoms with Crippen LogP contribution in [0, 0.1) is 13.5 Å². The molecule has 0 atom stereocenters. The van der Waals surface area contributed by atoms with Gasteiger partial charge in [0.2, 0.25) is 5.69 Å². The number of hydrogen-bond acceptors (Lipinski definition) is 1. The van der Waals surface area contributed by atoms with Gasteiger partial charge in [0.05, 0.1) is 12.3 Å². The first-order valence-electron chi connectivity index (χ1n) is 3.49. The van der Waals surface area contributed by atoms with Crippen molar-refractivity contribution in [3.63, 3.8) is 0 Å². The Bertz CT molecular complexity index is 393. The van der Waals surface area contributed by atoms with E-state index in [2.05, 4.69) is 9.83 Å². The molecule has 4 heteroatoms. The van der Waals surface area contributed by atoms with Crippen molar-refractivity contribution >= 4 is 34.1 Å². The molecule has 0 N–H and O–H groups in total. The van der Waals surface area contributed by atoms with Crippen LogP contribution in [0.2, 0.25) is 0 Å². The smallest absolute Gasteiger partial charge is 0.205 e. The molecule has 0 amide bonds. The highest BCUT2D eigenvalue weighted by Gasteiger charge is 2.05. The first-order chi connectivity index (χ1) is 6.19. The third kappa shape index (κ3) is 2.25. The molecule has 66 valence electrons. The van der Waals surface area contributed by atoms with Crippen molar-refractivity contribution in [1.29, 1.82) is 0 Å². The quantitative estimate of drug-likeness (QED) is 0.569. The molecule has 1 aromatic rings. The van der Waals surface area contributed by atoms with Gasteiger partial charge in [-0.3, -0.25) is 4.98 Å². The van der Waals surface area contributed by atoms with Crippen molar-refractivity contribution in [2.75, 3.05) is 0 Å². The van der Waals surface area contributed by atoms with Crippen molar-refractivity contribution in [2.45, 2.75) is 6.92 Å². The van der Waals surface area contributed by atoms with Gasteiger partial charge in [0.15, 0.2) is 5.83 Å². The van der Waals surface area contributed by atoms with E-state index in [-0.39, 0.29) is 5.83 Å². The van der Waals surface area contributed by atoms with E-state index in [0.29, 0.717) is 16.9 Å². The average Bonchev–Trinajstić information content (AvgIpc) is 2.16. The summed E-state index contributed by atoms with van der Waals surface area (Å²) in [5, 5.41) is 0. The van der Waals surface area contributed by atoms with Gasteiger partial charge in [-0.2, -0.15) is 0 Å². The standard InChI is InChI=1S/C9H6FIN2/c1-6-3-7(12-2)5-13-9(6)8(10)4-11/h3-5H,1H3/b8-4-. The minimum absolute atomic E-state index is 0.307. The fraction of sp³-hybridized carbons (Fsp3) is 0.111. The van der Waals surface area contributed by atoms with Crippen molar-refractivity contribution in [1.82, 2.24) is 4.98 Å². The van der Waals surface area contributed by atoms with Gasteiger partial charge in [-0.25, -0.2) is 9.24 Å². The second-order valence-electron chi connectivity index (χ2n) is 2.43. The summed E-state index contributed by atoms with van der Waals surface area (Å²) >= 11 is 1.81. The Hall–Kier alpha value is -0.960. The molecule has 2 nitrogen and oxygen atoms in total. The van der Waals surface area contributed by atoms with Crippen molar-refractivity contribution < 1.29 is 4.39 Å². The first kappa shape index (κ1) is 10.1. The third-order valence-electron chi connectivity index (χ3n) is 1.51. The van der Waals surface area contributed by atoms with Crippen LogP contribution in [0.15, 0.2) is 16.3 Å². The summed E-state index contributed by atoms with van der Waals surface area (Å²) in [5.74, 6) is -0.366. The number of pyridine rings is 1. The van der Waals surface area contributed by atoms with E-state index in [1.165, 1.54) is 10.3 Å². The molecule has 1 rings (SSSR count). The minimum atomic E-state index is -0.366. The topological polar surface area (TPSA) is 17.2 Å². The van der Waals surface area contributed by atoms with Crippen LogP contribution >= 0.6 is 22.6 Å². The maximum atomic E-state index is 13.1. The van der Waals surface area contributed by atoms with Gasteiger partial charge in [0.25, 0.3) is 0 Å². The van der Waals surface area contributed by atoms with Gasteiger partial charge < -0.3 is 0 Å². The van der Waals surface area contributed by atoms with Gasteiger partial charge in [0, 0.05) is 10.3 Å². The van der Waals surface area contributed by atoms with Crippen LogP contribution in [0.3, 0.4) is 0 Å². The third-order valence-corrected chi connectivity index (χ3v) is 2.06. The van der Waals surface area contributed by atoms with Crippen LogP contribution in [0.5, 0.6) is 0 Å². The van der Waals surface area contributed by atoms with Crippen molar-refractivity contribution in [3.05, 3.63) is 39.0 Å². The number of aryl methyl sites for hydroxylation is 1. The highest BCUT2D eigenvalue weighted by atomic mass is 127. The van der Waals surface area contributed by atoms with E-state index < -0.39 is 0 Å². The fourth-order valence-electron chi connectivity index (χ4n) is 0.923. The van der Waals surface area contributed by atoms with Crippen molar-refractivity contribution in [2.24, 2.45) is 0 Å². The predicted molar refractivity (Wildman–Crippen MR) is 58.3 cm³/mol. The zero-order valence-corrected chi connectivity index (χ0v) is 9.04. The summed E-state index contributed by atoms with van der Waals surface area (Å²) in [4.78, 5) is 7.06. The normalized spacial score (nSPS) is 11.1. The second kappa shape index (κ2) is 4.33. The number of hydrogen-bond donors (Lipinski definition) is 0. The molecule has 0 saturated carbocycles. The lowest BCUT2D eigenvalue weighted by Crippen LogP contribution is -1.88.